The Morgan fingerprint density at radius 1 is 1.30 bits per heavy atom. The zero-order valence-electron chi connectivity index (χ0n) is 13.0. The maximum absolute atomic E-state index is 12.0. The summed E-state index contributed by atoms with van der Waals surface area (Å²) in [6.45, 7) is 7.88. The van der Waals surface area contributed by atoms with Crippen LogP contribution in [0.4, 0.5) is 0 Å². The Balaban J connectivity index is 2.83. The normalized spacial score (nSPS) is 12.9. The van der Waals surface area contributed by atoms with Gasteiger partial charge >= 0.3 is 5.69 Å². The van der Waals surface area contributed by atoms with Gasteiger partial charge in [-0.05, 0) is 12.8 Å². The summed E-state index contributed by atoms with van der Waals surface area (Å²) < 4.78 is 7.99. The van der Waals surface area contributed by atoms with E-state index in [0.717, 1.165) is 4.57 Å². The molecule has 6 heteroatoms. The molecule has 0 aliphatic heterocycles. The SMILES string of the molecule is CCOCC(NCc1cn(C)c(=O)n(C)c1=O)C(C)C. The molecule has 0 aromatic carbocycles. The van der Waals surface area contributed by atoms with Crippen LogP contribution in [0.3, 0.4) is 0 Å². The molecule has 1 unspecified atom stereocenters. The first-order valence-electron chi connectivity index (χ1n) is 6.95. The number of rotatable bonds is 7. The van der Waals surface area contributed by atoms with E-state index in [2.05, 4.69) is 19.2 Å². The van der Waals surface area contributed by atoms with Crippen LogP contribution in [0.15, 0.2) is 15.8 Å². The maximum Gasteiger partial charge on any atom is 0.330 e. The van der Waals surface area contributed by atoms with Gasteiger partial charge in [0.1, 0.15) is 0 Å². The average molecular weight is 283 g/mol. The summed E-state index contributed by atoms with van der Waals surface area (Å²) in [7, 11) is 3.14. The Morgan fingerprint density at radius 3 is 2.50 bits per heavy atom. The molecule has 20 heavy (non-hydrogen) atoms. The fourth-order valence-electron chi connectivity index (χ4n) is 1.98. The standard InChI is InChI=1S/C14H25N3O3/c1-6-20-9-12(10(2)3)15-7-11-8-16(4)14(19)17(5)13(11)18/h8,10,12,15H,6-7,9H2,1-5H3. The van der Waals surface area contributed by atoms with Crippen LogP contribution >= 0.6 is 0 Å². The fourth-order valence-corrected chi connectivity index (χ4v) is 1.98. The molecule has 6 nitrogen and oxygen atoms in total. The predicted octanol–water partition coefficient (Wildman–Crippen LogP) is 0.235. The summed E-state index contributed by atoms with van der Waals surface area (Å²) in [5, 5.41) is 3.33. The van der Waals surface area contributed by atoms with E-state index in [9.17, 15) is 9.59 Å². The molecule has 1 N–H and O–H groups in total. The van der Waals surface area contributed by atoms with E-state index in [-0.39, 0.29) is 17.3 Å². The molecule has 0 aliphatic carbocycles. The van der Waals surface area contributed by atoms with Crippen molar-refractivity contribution in [2.45, 2.75) is 33.4 Å². The van der Waals surface area contributed by atoms with E-state index in [0.29, 0.717) is 31.2 Å². The first kappa shape index (κ1) is 16.7. The van der Waals surface area contributed by atoms with Gasteiger partial charge in [-0.1, -0.05) is 13.8 Å². The molecule has 0 bridgehead atoms. The maximum atomic E-state index is 12.0. The third-order valence-electron chi connectivity index (χ3n) is 3.38. The Bertz CT molecular complexity index is 546. The highest BCUT2D eigenvalue weighted by atomic mass is 16.5. The van der Waals surface area contributed by atoms with Crippen molar-refractivity contribution < 1.29 is 4.74 Å². The van der Waals surface area contributed by atoms with Gasteiger partial charge in [0, 0.05) is 45.0 Å². The Labute approximate surface area is 119 Å². The minimum atomic E-state index is -0.312. The summed E-state index contributed by atoms with van der Waals surface area (Å²) in [4.78, 5) is 23.6. The largest absolute Gasteiger partial charge is 0.380 e. The molecule has 0 aliphatic rings. The minimum absolute atomic E-state index is 0.178. The van der Waals surface area contributed by atoms with Crippen LogP contribution in [0.2, 0.25) is 0 Å². The van der Waals surface area contributed by atoms with Crippen LogP contribution < -0.4 is 16.6 Å². The van der Waals surface area contributed by atoms with Gasteiger partial charge in [-0.15, -0.1) is 0 Å². The van der Waals surface area contributed by atoms with E-state index >= 15 is 0 Å². The van der Waals surface area contributed by atoms with Crippen molar-refractivity contribution in [3.05, 3.63) is 32.6 Å². The van der Waals surface area contributed by atoms with Gasteiger partial charge in [0.25, 0.3) is 5.56 Å². The van der Waals surface area contributed by atoms with Crippen LogP contribution in [0, 0.1) is 5.92 Å². The van der Waals surface area contributed by atoms with E-state index in [1.165, 1.54) is 11.6 Å². The third-order valence-corrected chi connectivity index (χ3v) is 3.38. The second-order valence-electron chi connectivity index (χ2n) is 5.30. The molecule has 0 saturated carbocycles. The number of nitrogens with zero attached hydrogens (tertiary/aromatic N) is 2. The lowest BCUT2D eigenvalue weighted by Gasteiger charge is -2.22. The highest BCUT2D eigenvalue weighted by Crippen LogP contribution is 2.03. The van der Waals surface area contributed by atoms with E-state index in [1.54, 1.807) is 13.2 Å². The van der Waals surface area contributed by atoms with Gasteiger partial charge in [-0.3, -0.25) is 9.36 Å². The van der Waals surface area contributed by atoms with Crippen molar-refractivity contribution in [2.75, 3.05) is 13.2 Å². The van der Waals surface area contributed by atoms with Crippen LogP contribution in [0.25, 0.3) is 0 Å². The molecule has 0 spiro atoms. The van der Waals surface area contributed by atoms with Crippen molar-refractivity contribution in [1.29, 1.82) is 0 Å². The summed E-state index contributed by atoms with van der Waals surface area (Å²) >= 11 is 0. The first-order valence-corrected chi connectivity index (χ1v) is 6.95. The molecule has 0 radical (unpaired) electrons. The summed E-state index contributed by atoms with van der Waals surface area (Å²) in [6, 6.07) is 0.178. The number of ether oxygens (including phenoxy) is 1. The molecular weight excluding hydrogens is 258 g/mol. The quantitative estimate of drug-likeness (QED) is 0.778. The first-order chi connectivity index (χ1) is 9.38. The van der Waals surface area contributed by atoms with Gasteiger partial charge in [0.15, 0.2) is 0 Å². The Morgan fingerprint density at radius 2 is 1.95 bits per heavy atom. The van der Waals surface area contributed by atoms with Crippen LogP contribution in [-0.2, 0) is 25.4 Å². The monoisotopic (exact) mass is 283 g/mol. The fraction of sp³-hybridized carbons (Fsp3) is 0.714. The lowest BCUT2D eigenvalue weighted by Crippen LogP contribution is -2.42. The van der Waals surface area contributed by atoms with E-state index < -0.39 is 0 Å². The van der Waals surface area contributed by atoms with Gasteiger partial charge in [-0.25, -0.2) is 4.79 Å². The zero-order valence-corrected chi connectivity index (χ0v) is 13.0. The lowest BCUT2D eigenvalue weighted by atomic mass is 10.1. The molecule has 1 atom stereocenters. The zero-order chi connectivity index (χ0) is 15.3. The highest BCUT2D eigenvalue weighted by molar-refractivity contribution is 5.05. The molecule has 1 rings (SSSR count). The van der Waals surface area contributed by atoms with E-state index in [1.807, 2.05) is 6.92 Å². The van der Waals surface area contributed by atoms with Gasteiger partial charge in [0.2, 0.25) is 0 Å². The number of aromatic nitrogens is 2. The molecule has 1 aromatic heterocycles. The van der Waals surface area contributed by atoms with Crippen molar-refractivity contribution in [3.8, 4) is 0 Å². The second-order valence-corrected chi connectivity index (χ2v) is 5.30. The molecule has 114 valence electrons. The average Bonchev–Trinajstić information content (AvgIpc) is 2.41. The smallest absolute Gasteiger partial charge is 0.330 e. The molecule has 1 aromatic rings. The number of hydrogen-bond donors (Lipinski definition) is 1. The summed E-state index contributed by atoms with van der Waals surface area (Å²) in [6.07, 6.45) is 1.59. The number of nitrogens with one attached hydrogen (secondary N) is 1. The van der Waals surface area contributed by atoms with Crippen molar-refractivity contribution in [2.24, 2.45) is 20.0 Å². The number of hydrogen-bond acceptors (Lipinski definition) is 4. The van der Waals surface area contributed by atoms with Crippen LogP contribution in [-0.4, -0.2) is 28.4 Å². The van der Waals surface area contributed by atoms with Crippen LogP contribution in [0.5, 0.6) is 0 Å². The van der Waals surface area contributed by atoms with Crippen molar-refractivity contribution in [3.63, 3.8) is 0 Å². The Hall–Kier alpha value is -1.40. The molecule has 0 fully saturated rings. The van der Waals surface area contributed by atoms with Gasteiger partial charge in [-0.2, -0.15) is 0 Å². The third kappa shape index (κ3) is 4.05. The van der Waals surface area contributed by atoms with Crippen molar-refractivity contribution in [1.82, 2.24) is 14.5 Å². The molecular formula is C14H25N3O3. The Kier molecular flexibility index (Phi) is 6.16. The number of aryl methyl sites for hydroxylation is 1. The second kappa shape index (κ2) is 7.40. The predicted molar refractivity (Wildman–Crippen MR) is 78.9 cm³/mol. The summed E-state index contributed by atoms with van der Waals surface area (Å²) in [5.41, 5.74) is 0.0183. The summed E-state index contributed by atoms with van der Waals surface area (Å²) in [5.74, 6) is 0.401. The topological polar surface area (TPSA) is 65.3 Å². The van der Waals surface area contributed by atoms with Crippen LogP contribution in [0.1, 0.15) is 26.3 Å². The highest BCUT2D eigenvalue weighted by Gasteiger charge is 2.14. The minimum Gasteiger partial charge on any atom is -0.380 e. The molecule has 1 heterocycles. The van der Waals surface area contributed by atoms with Crippen molar-refractivity contribution >= 4 is 0 Å². The molecule has 0 amide bonds. The van der Waals surface area contributed by atoms with E-state index in [4.69, 9.17) is 4.74 Å². The lowest BCUT2D eigenvalue weighted by molar-refractivity contribution is 0.107. The van der Waals surface area contributed by atoms with Gasteiger partial charge in [0.05, 0.1) is 6.61 Å². The molecule has 0 saturated heterocycles. The van der Waals surface area contributed by atoms with Gasteiger partial charge < -0.3 is 14.6 Å².